The smallest absolute Gasteiger partial charge is 0.251 e. The lowest BCUT2D eigenvalue weighted by atomic mass is 10.1. The van der Waals surface area contributed by atoms with Gasteiger partial charge in [0.2, 0.25) is 11.7 Å². The summed E-state index contributed by atoms with van der Waals surface area (Å²) in [5.41, 5.74) is 3.46. The van der Waals surface area contributed by atoms with Crippen LogP contribution in [0.4, 0.5) is 5.69 Å². The maximum absolute atomic E-state index is 12.6. The number of anilines is 1. The Morgan fingerprint density at radius 2 is 1.71 bits per heavy atom. The van der Waals surface area contributed by atoms with Crippen LogP contribution in [0.5, 0.6) is 17.2 Å². The number of nitrogens with zero attached hydrogens (tertiary/aromatic N) is 1. The van der Waals surface area contributed by atoms with Crippen molar-refractivity contribution in [2.45, 2.75) is 19.9 Å². The highest BCUT2D eigenvalue weighted by Gasteiger charge is 2.22. The molecule has 2 aromatic carbocycles. The van der Waals surface area contributed by atoms with E-state index in [1.807, 2.05) is 18.2 Å². The standard InChI is InChI=1S/C21H24N2O5/c1-13(24)23-8-7-15-9-14(5-6-17(15)23)12-22-21(25)16-10-18(26-2)20(28-4)19(11-16)27-3/h5-6,9-11H,7-8,12H2,1-4H3,(H,22,25). The molecule has 1 heterocycles. The lowest BCUT2D eigenvalue weighted by Gasteiger charge is -2.15. The van der Waals surface area contributed by atoms with Gasteiger partial charge in [0, 0.05) is 31.3 Å². The van der Waals surface area contributed by atoms with Crippen LogP contribution in [-0.4, -0.2) is 39.7 Å². The molecular weight excluding hydrogens is 360 g/mol. The number of amides is 2. The van der Waals surface area contributed by atoms with Crippen LogP contribution in [0.2, 0.25) is 0 Å². The fraction of sp³-hybridized carbons (Fsp3) is 0.333. The van der Waals surface area contributed by atoms with Crippen molar-refractivity contribution in [3.05, 3.63) is 47.0 Å². The van der Waals surface area contributed by atoms with Crippen LogP contribution >= 0.6 is 0 Å². The van der Waals surface area contributed by atoms with Crippen molar-refractivity contribution >= 4 is 17.5 Å². The number of fused-ring (bicyclic) bond motifs is 1. The topological polar surface area (TPSA) is 77.1 Å². The number of carbonyl (C=O) groups excluding carboxylic acids is 2. The van der Waals surface area contributed by atoms with E-state index in [9.17, 15) is 9.59 Å². The molecule has 0 aliphatic carbocycles. The van der Waals surface area contributed by atoms with Crippen molar-refractivity contribution in [2.24, 2.45) is 0 Å². The van der Waals surface area contributed by atoms with Gasteiger partial charge in [-0.3, -0.25) is 9.59 Å². The number of ether oxygens (including phenoxy) is 3. The quantitative estimate of drug-likeness (QED) is 0.828. The Hall–Kier alpha value is -3.22. The highest BCUT2D eigenvalue weighted by atomic mass is 16.5. The summed E-state index contributed by atoms with van der Waals surface area (Å²) in [5, 5.41) is 2.91. The molecule has 0 bridgehead atoms. The molecule has 2 aromatic rings. The molecule has 1 aliphatic heterocycles. The number of benzene rings is 2. The predicted octanol–water partition coefficient (Wildman–Crippen LogP) is 2.55. The second kappa shape index (κ2) is 8.21. The molecule has 7 heteroatoms. The highest BCUT2D eigenvalue weighted by Crippen LogP contribution is 2.38. The average molecular weight is 384 g/mol. The highest BCUT2D eigenvalue weighted by molar-refractivity contribution is 5.96. The zero-order chi connectivity index (χ0) is 20.3. The van der Waals surface area contributed by atoms with Crippen molar-refractivity contribution in [1.29, 1.82) is 0 Å². The molecule has 7 nitrogen and oxygen atoms in total. The summed E-state index contributed by atoms with van der Waals surface area (Å²) in [7, 11) is 4.53. The van der Waals surface area contributed by atoms with Gasteiger partial charge in [-0.05, 0) is 35.7 Å². The Morgan fingerprint density at radius 3 is 2.29 bits per heavy atom. The van der Waals surface area contributed by atoms with Gasteiger partial charge in [-0.1, -0.05) is 12.1 Å². The number of hydrogen-bond donors (Lipinski definition) is 1. The molecule has 2 amide bonds. The second-order valence-electron chi connectivity index (χ2n) is 6.48. The zero-order valence-corrected chi connectivity index (χ0v) is 16.5. The molecule has 0 unspecified atom stereocenters. The van der Waals surface area contributed by atoms with Crippen LogP contribution in [0.25, 0.3) is 0 Å². The van der Waals surface area contributed by atoms with E-state index >= 15 is 0 Å². The molecule has 0 spiro atoms. The third-order valence-corrected chi connectivity index (χ3v) is 4.80. The largest absolute Gasteiger partial charge is 0.493 e. The van der Waals surface area contributed by atoms with Crippen molar-refractivity contribution in [3.63, 3.8) is 0 Å². The van der Waals surface area contributed by atoms with E-state index in [-0.39, 0.29) is 11.8 Å². The van der Waals surface area contributed by atoms with E-state index in [4.69, 9.17) is 14.2 Å². The van der Waals surface area contributed by atoms with Crippen LogP contribution in [0.15, 0.2) is 30.3 Å². The van der Waals surface area contributed by atoms with Gasteiger partial charge in [0.05, 0.1) is 21.3 Å². The van der Waals surface area contributed by atoms with Crippen LogP contribution in [0.3, 0.4) is 0 Å². The van der Waals surface area contributed by atoms with Crippen LogP contribution in [0.1, 0.15) is 28.4 Å². The second-order valence-corrected chi connectivity index (χ2v) is 6.48. The molecule has 0 aromatic heterocycles. The molecule has 1 aliphatic rings. The first-order valence-electron chi connectivity index (χ1n) is 8.96. The molecule has 1 N–H and O–H groups in total. The maximum atomic E-state index is 12.6. The number of hydrogen-bond acceptors (Lipinski definition) is 5. The Balaban J connectivity index is 1.74. The van der Waals surface area contributed by atoms with E-state index < -0.39 is 0 Å². The average Bonchev–Trinajstić information content (AvgIpc) is 3.14. The SMILES string of the molecule is COc1cc(C(=O)NCc2ccc3c(c2)CCN3C(C)=O)cc(OC)c1OC. The van der Waals surface area contributed by atoms with Crippen LogP contribution < -0.4 is 24.4 Å². The molecule has 0 saturated heterocycles. The maximum Gasteiger partial charge on any atom is 0.251 e. The van der Waals surface area contributed by atoms with Crippen LogP contribution in [-0.2, 0) is 17.8 Å². The molecule has 0 saturated carbocycles. The van der Waals surface area contributed by atoms with E-state index in [0.717, 1.165) is 23.2 Å². The van der Waals surface area contributed by atoms with Gasteiger partial charge in [0.25, 0.3) is 5.91 Å². The van der Waals surface area contributed by atoms with Crippen molar-refractivity contribution < 1.29 is 23.8 Å². The Morgan fingerprint density at radius 1 is 1.04 bits per heavy atom. The van der Waals surface area contributed by atoms with Gasteiger partial charge in [0.1, 0.15) is 0 Å². The van der Waals surface area contributed by atoms with E-state index in [1.54, 1.807) is 24.0 Å². The molecule has 148 valence electrons. The summed E-state index contributed by atoms with van der Waals surface area (Å²) in [4.78, 5) is 26.0. The van der Waals surface area contributed by atoms with Crippen LogP contribution in [0, 0.1) is 0 Å². The molecule has 28 heavy (non-hydrogen) atoms. The number of rotatable bonds is 6. The van der Waals surface area contributed by atoms with Crippen molar-refractivity contribution in [1.82, 2.24) is 5.32 Å². The first-order chi connectivity index (χ1) is 13.5. The molecule has 0 atom stereocenters. The normalized spacial score (nSPS) is 12.4. The molecule has 0 radical (unpaired) electrons. The minimum Gasteiger partial charge on any atom is -0.493 e. The number of carbonyl (C=O) groups is 2. The first kappa shape index (κ1) is 19.5. The first-order valence-corrected chi connectivity index (χ1v) is 8.96. The van der Waals surface area contributed by atoms with Gasteiger partial charge >= 0.3 is 0 Å². The summed E-state index contributed by atoms with van der Waals surface area (Å²) < 4.78 is 15.9. The fourth-order valence-electron chi connectivity index (χ4n) is 3.39. The van der Waals surface area contributed by atoms with Gasteiger partial charge < -0.3 is 24.4 Å². The van der Waals surface area contributed by atoms with Crippen molar-refractivity contribution in [2.75, 3.05) is 32.8 Å². The molecule has 3 rings (SSSR count). The lowest BCUT2D eigenvalue weighted by molar-refractivity contribution is -0.116. The summed E-state index contributed by atoms with van der Waals surface area (Å²) in [6.07, 6.45) is 0.823. The minimum atomic E-state index is -0.245. The third-order valence-electron chi connectivity index (χ3n) is 4.80. The number of nitrogens with one attached hydrogen (secondary N) is 1. The molecular formula is C21H24N2O5. The van der Waals surface area contributed by atoms with Crippen molar-refractivity contribution in [3.8, 4) is 17.2 Å². The summed E-state index contributed by atoms with van der Waals surface area (Å²) in [6, 6.07) is 9.13. The van der Waals surface area contributed by atoms with Gasteiger partial charge in [-0.15, -0.1) is 0 Å². The Labute approximate surface area is 164 Å². The van der Waals surface area contributed by atoms with Gasteiger partial charge in [-0.2, -0.15) is 0 Å². The van der Waals surface area contributed by atoms with Gasteiger partial charge in [0.15, 0.2) is 11.5 Å². The minimum absolute atomic E-state index is 0.0437. The molecule has 0 fully saturated rings. The zero-order valence-electron chi connectivity index (χ0n) is 16.5. The summed E-state index contributed by atoms with van der Waals surface area (Å²) in [5.74, 6) is 1.09. The monoisotopic (exact) mass is 384 g/mol. The third kappa shape index (κ3) is 3.74. The number of methoxy groups -OCH3 is 3. The van der Waals surface area contributed by atoms with E-state index in [2.05, 4.69) is 5.32 Å². The fourth-order valence-corrected chi connectivity index (χ4v) is 3.39. The Bertz CT molecular complexity index is 885. The predicted molar refractivity (Wildman–Crippen MR) is 105 cm³/mol. The van der Waals surface area contributed by atoms with Gasteiger partial charge in [-0.25, -0.2) is 0 Å². The Kier molecular flexibility index (Phi) is 5.73. The summed E-state index contributed by atoms with van der Waals surface area (Å²) in [6.45, 7) is 2.65. The van der Waals surface area contributed by atoms with E-state index in [1.165, 1.54) is 21.3 Å². The van der Waals surface area contributed by atoms with E-state index in [0.29, 0.717) is 35.9 Å². The lowest BCUT2D eigenvalue weighted by Crippen LogP contribution is -2.25. The summed E-state index contributed by atoms with van der Waals surface area (Å²) >= 11 is 0.